The van der Waals surface area contributed by atoms with Crippen molar-refractivity contribution in [3.8, 4) is 0 Å². The number of sulfone groups is 1. The molecular formula is C23H32N2O4S2. The van der Waals surface area contributed by atoms with Gasteiger partial charge in [-0.3, -0.25) is 0 Å². The molecule has 0 saturated heterocycles. The molecule has 1 aliphatic carbocycles. The molecule has 0 atom stereocenters. The molecule has 2 aromatic rings. The van der Waals surface area contributed by atoms with Gasteiger partial charge in [0.15, 0.2) is 0 Å². The molecule has 170 valence electrons. The van der Waals surface area contributed by atoms with Gasteiger partial charge in [0.05, 0.1) is 16.0 Å². The lowest BCUT2D eigenvalue weighted by atomic mass is 9.84. The van der Waals surface area contributed by atoms with Crippen LogP contribution in [0.15, 0.2) is 40.3 Å². The molecule has 1 aromatic carbocycles. The number of carbonyl (C=O) groups excluding carboxylic acids is 1. The Morgan fingerprint density at radius 2 is 1.90 bits per heavy atom. The fraction of sp³-hybridized carbons (Fsp3) is 0.565. The van der Waals surface area contributed by atoms with E-state index < -0.39 is 15.4 Å². The number of carbonyl (C=O) groups is 1. The molecule has 1 aliphatic rings. The zero-order valence-corrected chi connectivity index (χ0v) is 20.3. The fourth-order valence-electron chi connectivity index (χ4n) is 3.79. The molecule has 31 heavy (non-hydrogen) atoms. The van der Waals surface area contributed by atoms with E-state index in [0.717, 1.165) is 47.9 Å². The van der Waals surface area contributed by atoms with Crippen LogP contribution in [0.25, 0.3) is 10.2 Å². The Bertz CT molecular complexity index is 1010. The average Bonchev–Trinajstić information content (AvgIpc) is 3.11. The molecule has 0 spiro atoms. The third-order valence-corrected chi connectivity index (χ3v) is 8.63. The Labute approximate surface area is 189 Å². The first-order valence-corrected chi connectivity index (χ1v) is 13.2. The number of para-hydroxylation sites is 1. The van der Waals surface area contributed by atoms with Gasteiger partial charge in [-0.15, -0.1) is 11.3 Å². The predicted octanol–water partition coefficient (Wildman–Crippen LogP) is 5.49. The SMILES string of the molecule is C/C(=C\C[C@H]1CC[C@@H](NC(=O)OC(C)(C)C)CC1)CS(=O)(=O)c1nc2ccccc2s1. The Morgan fingerprint density at radius 3 is 2.55 bits per heavy atom. The van der Waals surface area contributed by atoms with Gasteiger partial charge in [-0.2, -0.15) is 0 Å². The van der Waals surface area contributed by atoms with E-state index in [0.29, 0.717) is 5.92 Å². The van der Waals surface area contributed by atoms with Gasteiger partial charge in [0, 0.05) is 6.04 Å². The minimum absolute atomic E-state index is 0.00235. The average molecular weight is 465 g/mol. The number of allylic oxidation sites excluding steroid dienone is 1. The number of aromatic nitrogens is 1. The Kier molecular flexibility index (Phi) is 7.42. The van der Waals surface area contributed by atoms with Crippen molar-refractivity contribution in [2.75, 3.05) is 5.75 Å². The quantitative estimate of drug-likeness (QED) is 0.571. The smallest absolute Gasteiger partial charge is 0.407 e. The molecule has 3 rings (SSSR count). The van der Waals surface area contributed by atoms with Crippen LogP contribution in [0, 0.1) is 5.92 Å². The van der Waals surface area contributed by atoms with Gasteiger partial charge in [-0.1, -0.05) is 23.8 Å². The lowest BCUT2D eigenvalue weighted by Crippen LogP contribution is -2.40. The first kappa shape index (κ1) is 23.7. The second kappa shape index (κ2) is 9.69. The summed E-state index contributed by atoms with van der Waals surface area (Å²) >= 11 is 1.23. The van der Waals surface area contributed by atoms with Crippen LogP contribution in [0.1, 0.15) is 59.8 Å². The van der Waals surface area contributed by atoms with E-state index in [1.165, 1.54) is 11.3 Å². The number of nitrogens with one attached hydrogen (secondary N) is 1. The number of hydrogen-bond acceptors (Lipinski definition) is 6. The van der Waals surface area contributed by atoms with E-state index in [9.17, 15) is 13.2 Å². The Morgan fingerprint density at radius 1 is 1.23 bits per heavy atom. The number of hydrogen-bond donors (Lipinski definition) is 1. The van der Waals surface area contributed by atoms with Crippen molar-refractivity contribution in [2.24, 2.45) is 5.92 Å². The van der Waals surface area contributed by atoms with Gasteiger partial charge in [-0.25, -0.2) is 18.2 Å². The highest BCUT2D eigenvalue weighted by molar-refractivity contribution is 7.93. The van der Waals surface area contributed by atoms with E-state index in [1.807, 2.05) is 52.0 Å². The minimum atomic E-state index is -3.43. The molecular weight excluding hydrogens is 432 g/mol. The Balaban J connectivity index is 1.48. The van der Waals surface area contributed by atoms with Crippen LogP contribution in [-0.2, 0) is 14.6 Å². The summed E-state index contributed by atoms with van der Waals surface area (Å²) < 4.78 is 31.9. The normalized spacial score (nSPS) is 20.6. The molecule has 0 aliphatic heterocycles. The van der Waals surface area contributed by atoms with Crippen molar-refractivity contribution < 1.29 is 17.9 Å². The summed E-state index contributed by atoms with van der Waals surface area (Å²) in [6.45, 7) is 7.44. The largest absolute Gasteiger partial charge is 0.444 e. The molecule has 1 N–H and O–H groups in total. The summed E-state index contributed by atoms with van der Waals surface area (Å²) in [6, 6.07) is 7.63. The summed E-state index contributed by atoms with van der Waals surface area (Å²) in [6.07, 6.45) is 6.41. The molecule has 0 radical (unpaired) electrons. The van der Waals surface area contributed by atoms with Crippen molar-refractivity contribution in [3.05, 3.63) is 35.9 Å². The maximum Gasteiger partial charge on any atom is 0.407 e. The zero-order chi connectivity index (χ0) is 22.6. The molecule has 1 amide bonds. The third-order valence-electron chi connectivity index (χ3n) is 5.33. The summed E-state index contributed by atoms with van der Waals surface area (Å²) in [7, 11) is -3.43. The predicted molar refractivity (Wildman–Crippen MR) is 125 cm³/mol. The second-order valence-electron chi connectivity index (χ2n) is 9.36. The standard InChI is InChI=1S/C23H32N2O4S2/c1-16(15-31(27,28)22-25-19-7-5-6-8-20(19)30-22)9-10-17-11-13-18(14-12-17)24-21(26)29-23(2,3)4/h5-9,17-18H,10-15H2,1-4H3,(H,24,26)/b16-9+/t17-,18+. The fourth-order valence-corrected chi connectivity index (χ4v) is 6.52. The van der Waals surface area contributed by atoms with E-state index in [4.69, 9.17) is 4.74 Å². The van der Waals surface area contributed by atoms with Crippen LogP contribution in [-0.4, -0.2) is 36.9 Å². The van der Waals surface area contributed by atoms with Crippen molar-refractivity contribution in [3.63, 3.8) is 0 Å². The lowest BCUT2D eigenvalue weighted by molar-refractivity contribution is 0.0487. The monoisotopic (exact) mass is 464 g/mol. The summed E-state index contributed by atoms with van der Waals surface area (Å²) in [5.41, 5.74) is 1.09. The van der Waals surface area contributed by atoms with Gasteiger partial charge < -0.3 is 10.1 Å². The van der Waals surface area contributed by atoms with Crippen LogP contribution in [0.2, 0.25) is 0 Å². The van der Waals surface area contributed by atoms with E-state index >= 15 is 0 Å². The number of nitrogens with zero attached hydrogens (tertiary/aromatic N) is 1. The number of alkyl carbamates (subject to hydrolysis) is 1. The van der Waals surface area contributed by atoms with Crippen molar-refractivity contribution >= 4 is 37.5 Å². The molecule has 1 heterocycles. The lowest BCUT2D eigenvalue weighted by Gasteiger charge is -2.29. The van der Waals surface area contributed by atoms with Gasteiger partial charge in [0.1, 0.15) is 5.60 Å². The number of ether oxygens (including phenoxy) is 1. The van der Waals surface area contributed by atoms with Crippen LogP contribution in [0.5, 0.6) is 0 Å². The first-order chi connectivity index (χ1) is 14.5. The molecule has 0 bridgehead atoms. The molecule has 6 nitrogen and oxygen atoms in total. The summed E-state index contributed by atoms with van der Waals surface area (Å²) in [5.74, 6) is 0.513. The minimum Gasteiger partial charge on any atom is -0.444 e. The number of benzene rings is 1. The highest BCUT2D eigenvalue weighted by atomic mass is 32.2. The maximum absolute atomic E-state index is 12.8. The van der Waals surface area contributed by atoms with Gasteiger partial charge in [0.25, 0.3) is 0 Å². The first-order valence-electron chi connectivity index (χ1n) is 10.8. The van der Waals surface area contributed by atoms with Crippen molar-refractivity contribution in [1.29, 1.82) is 0 Å². The van der Waals surface area contributed by atoms with Crippen LogP contribution in [0.3, 0.4) is 0 Å². The van der Waals surface area contributed by atoms with E-state index in [1.54, 1.807) is 0 Å². The summed E-state index contributed by atoms with van der Waals surface area (Å²) in [5, 5.41) is 2.96. The summed E-state index contributed by atoms with van der Waals surface area (Å²) in [4.78, 5) is 16.2. The second-order valence-corrected chi connectivity index (χ2v) is 12.6. The van der Waals surface area contributed by atoms with E-state index in [2.05, 4.69) is 16.4 Å². The number of fused-ring (bicyclic) bond motifs is 1. The maximum atomic E-state index is 12.8. The van der Waals surface area contributed by atoms with Crippen LogP contribution in [0.4, 0.5) is 4.79 Å². The van der Waals surface area contributed by atoms with Crippen molar-refractivity contribution in [1.82, 2.24) is 10.3 Å². The topological polar surface area (TPSA) is 85.4 Å². The van der Waals surface area contributed by atoms with Gasteiger partial charge in [-0.05, 0) is 77.8 Å². The Hall–Kier alpha value is -1.93. The molecule has 8 heteroatoms. The number of amides is 1. The zero-order valence-electron chi connectivity index (χ0n) is 18.7. The highest BCUT2D eigenvalue weighted by Gasteiger charge is 2.25. The number of thiazole rings is 1. The van der Waals surface area contributed by atoms with Gasteiger partial charge >= 0.3 is 6.09 Å². The van der Waals surface area contributed by atoms with Gasteiger partial charge in [0.2, 0.25) is 14.2 Å². The van der Waals surface area contributed by atoms with Crippen molar-refractivity contribution in [2.45, 2.75) is 75.8 Å². The third kappa shape index (κ3) is 7.04. The number of rotatable bonds is 6. The molecule has 1 aromatic heterocycles. The van der Waals surface area contributed by atoms with Crippen LogP contribution >= 0.6 is 11.3 Å². The molecule has 0 unspecified atom stereocenters. The highest BCUT2D eigenvalue weighted by Crippen LogP contribution is 2.29. The van der Waals surface area contributed by atoms with E-state index in [-0.39, 0.29) is 22.2 Å². The van der Waals surface area contributed by atoms with Crippen LogP contribution < -0.4 is 5.32 Å². The molecule has 1 saturated carbocycles. The molecule has 1 fully saturated rings.